The molecule has 0 bridgehead atoms. The van der Waals surface area contributed by atoms with E-state index < -0.39 is 17.7 Å². The topological polar surface area (TPSA) is 79.3 Å². The van der Waals surface area contributed by atoms with Gasteiger partial charge in [-0.1, -0.05) is 44.2 Å². The standard InChI is InChI=1S/C33H38N2O5/c1-22(2)21-39-26-15-16-28(23(3)19-26)31(36)29-30(35(33(38)32(29)37)18-10-17-34(4)5)24-11-9-14-27(20-24)40-25-12-7-6-8-13-25/h6-9,11-16,19-20,22,30,36H,10,17-18,21H2,1-5H3/t30-/m1/s1. The number of rotatable bonds is 11. The Morgan fingerprint density at radius 2 is 1.68 bits per heavy atom. The predicted octanol–water partition coefficient (Wildman–Crippen LogP) is 6.20. The van der Waals surface area contributed by atoms with Crippen molar-refractivity contribution in [1.82, 2.24) is 9.80 Å². The van der Waals surface area contributed by atoms with Gasteiger partial charge >= 0.3 is 0 Å². The average molecular weight is 543 g/mol. The third-order valence-corrected chi connectivity index (χ3v) is 6.73. The third kappa shape index (κ3) is 6.72. The van der Waals surface area contributed by atoms with Crippen LogP contribution >= 0.6 is 0 Å². The van der Waals surface area contributed by atoms with Crippen LogP contribution in [0.3, 0.4) is 0 Å². The van der Waals surface area contributed by atoms with E-state index in [1.165, 1.54) is 0 Å². The maximum absolute atomic E-state index is 13.5. The van der Waals surface area contributed by atoms with Gasteiger partial charge in [-0.15, -0.1) is 0 Å². The predicted molar refractivity (Wildman–Crippen MR) is 157 cm³/mol. The molecule has 0 spiro atoms. The lowest BCUT2D eigenvalue weighted by molar-refractivity contribution is -0.139. The molecular formula is C33H38N2O5. The van der Waals surface area contributed by atoms with Crippen molar-refractivity contribution in [1.29, 1.82) is 0 Å². The molecule has 1 aliphatic rings. The first kappa shape index (κ1) is 28.9. The number of ketones is 1. The van der Waals surface area contributed by atoms with Crippen LogP contribution in [0.5, 0.6) is 17.2 Å². The first-order valence-corrected chi connectivity index (χ1v) is 13.7. The monoisotopic (exact) mass is 542 g/mol. The maximum Gasteiger partial charge on any atom is 0.295 e. The normalized spacial score (nSPS) is 16.7. The summed E-state index contributed by atoms with van der Waals surface area (Å²) in [5, 5.41) is 11.6. The number of Topliss-reactive ketones (excluding diaryl/α,β-unsaturated/α-hetero) is 1. The molecule has 1 N–H and O–H groups in total. The van der Waals surface area contributed by atoms with Crippen molar-refractivity contribution < 1.29 is 24.2 Å². The Balaban J connectivity index is 1.76. The summed E-state index contributed by atoms with van der Waals surface area (Å²) in [5.74, 6) is 0.810. The molecule has 1 heterocycles. The van der Waals surface area contributed by atoms with E-state index in [9.17, 15) is 14.7 Å². The van der Waals surface area contributed by atoms with Crippen LogP contribution in [-0.4, -0.2) is 60.4 Å². The molecule has 0 aromatic heterocycles. The lowest BCUT2D eigenvalue weighted by Crippen LogP contribution is -2.32. The van der Waals surface area contributed by atoms with Crippen molar-refractivity contribution in [2.45, 2.75) is 33.2 Å². The highest BCUT2D eigenvalue weighted by Gasteiger charge is 2.46. The number of benzene rings is 3. The molecule has 7 nitrogen and oxygen atoms in total. The lowest BCUT2D eigenvalue weighted by atomic mass is 9.93. The molecule has 0 unspecified atom stereocenters. The molecule has 7 heteroatoms. The van der Waals surface area contributed by atoms with Crippen LogP contribution in [0.4, 0.5) is 0 Å². The molecule has 40 heavy (non-hydrogen) atoms. The molecule has 1 fully saturated rings. The molecule has 3 aromatic rings. The van der Waals surface area contributed by atoms with Gasteiger partial charge in [0.1, 0.15) is 23.0 Å². The first-order chi connectivity index (χ1) is 19.2. The average Bonchev–Trinajstić information content (AvgIpc) is 3.17. The van der Waals surface area contributed by atoms with Crippen LogP contribution in [0.25, 0.3) is 5.76 Å². The highest BCUT2D eigenvalue weighted by Crippen LogP contribution is 2.41. The molecule has 3 aromatic carbocycles. The molecule has 210 valence electrons. The van der Waals surface area contributed by atoms with E-state index >= 15 is 0 Å². The number of carbonyl (C=O) groups excluding carboxylic acids is 2. The second-order valence-electron chi connectivity index (χ2n) is 10.8. The molecule has 0 saturated carbocycles. The van der Waals surface area contributed by atoms with Gasteiger partial charge < -0.3 is 24.4 Å². The Morgan fingerprint density at radius 1 is 0.950 bits per heavy atom. The summed E-state index contributed by atoms with van der Waals surface area (Å²) in [6.45, 7) is 7.70. The second-order valence-corrected chi connectivity index (χ2v) is 10.8. The Morgan fingerprint density at radius 3 is 2.35 bits per heavy atom. The molecule has 1 amide bonds. The Kier molecular flexibility index (Phi) is 9.27. The summed E-state index contributed by atoms with van der Waals surface area (Å²) in [5.41, 5.74) is 2.00. The summed E-state index contributed by atoms with van der Waals surface area (Å²) >= 11 is 0. The summed E-state index contributed by atoms with van der Waals surface area (Å²) < 4.78 is 11.9. The van der Waals surface area contributed by atoms with Gasteiger partial charge in [-0.3, -0.25) is 9.59 Å². The fourth-order valence-electron chi connectivity index (χ4n) is 4.79. The van der Waals surface area contributed by atoms with E-state index in [0.29, 0.717) is 53.9 Å². The van der Waals surface area contributed by atoms with Crippen LogP contribution < -0.4 is 9.47 Å². The highest BCUT2D eigenvalue weighted by molar-refractivity contribution is 6.46. The zero-order valence-electron chi connectivity index (χ0n) is 23.9. The molecular weight excluding hydrogens is 504 g/mol. The minimum Gasteiger partial charge on any atom is -0.507 e. The van der Waals surface area contributed by atoms with Crippen LogP contribution in [0.1, 0.15) is 43.0 Å². The number of hydrogen-bond acceptors (Lipinski definition) is 6. The molecule has 1 saturated heterocycles. The first-order valence-electron chi connectivity index (χ1n) is 13.7. The number of carbonyl (C=O) groups is 2. The smallest absolute Gasteiger partial charge is 0.295 e. The van der Waals surface area contributed by atoms with Gasteiger partial charge in [0, 0.05) is 12.1 Å². The number of aliphatic hydroxyl groups is 1. The van der Waals surface area contributed by atoms with Gasteiger partial charge in [-0.25, -0.2) is 0 Å². The summed E-state index contributed by atoms with van der Waals surface area (Å²) in [6.07, 6.45) is 0.678. The van der Waals surface area contributed by atoms with E-state index in [1.807, 2.05) is 86.6 Å². The molecule has 0 aliphatic carbocycles. The number of para-hydroxylation sites is 1. The Hall–Kier alpha value is -4.10. The number of aliphatic hydroxyl groups excluding tert-OH is 1. The van der Waals surface area contributed by atoms with Crippen molar-refractivity contribution in [3.8, 4) is 17.2 Å². The Bertz CT molecular complexity index is 1380. The number of hydrogen-bond donors (Lipinski definition) is 1. The van der Waals surface area contributed by atoms with E-state index in [2.05, 4.69) is 13.8 Å². The van der Waals surface area contributed by atoms with Gasteiger partial charge in [-0.2, -0.15) is 0 Å². The largest absolute Gasteiger partial charge is 0.507 e. The van der Waals surface area contributed by atoms with Crippen LogP contribution in [-0.2, 0) is 9.59 Å². The molecule has 1 aliphatic heterocycles. The van der Waals surface area contributed by atoms with Crippen molar-refractivity contribution >= 4 is 17.4 Å². The zero-order valence-corrected chi connectivity index (χ0v) is 23.9. The number of aryl methyl sites for hydroxylation is 1. The second kappa shape index (κ2) is 12.8. The van der Waals surface area contributed by atoms with Gasteiger partial charge in [0.25, 0.3) is 11.7 Å². The molecule has 0 radical (unpaired) electrons. The lowest BCUT2D eigenvalue weighted by Gasteiger charge is -2.26. The zero-order chi connectivity index (χ0) is 28.8. The van der Waals surface area contributed by atoms with Crippen molar-refractivity contribution in [2.24, 2.45) is 5.92 Å². The van der Waals surface area contributed by atoms with Crippen LogP contribution in [0.2, 0.25) is 0 Å². The van der Waals surface area contributed by atoms with Crippen molar-refractivity contribution in [2.75, 3.05) is 33.8 Å². The number of amides is 1. The van der Waals surface area contributed by atoms with E-state index in [0.717, 1.165) is 12.1 Å². The minimum atomic E-state index is -0.752. The van der Waals surface area contributed by atoms with Gasteiger partial charge in [0.15, 0.2) is 0 Å². The van der Waals surface area contributed by atoms with Gasteiger partial charge in [-0.05, 0) is 93.5 Å². The van der Waals surface area contributed by atoms with E-state index in [4.69, 9.17) is 9.47 Å². The number of ether oxygens (including phenoxy) is 2. The quantitative estimate of drug-likeness (QED) is 0.177. The van der Waals surface area contributed by atoms with E-state index in [-0.39, 0.29) is 11.3 Å². The summed E-state index contributed by atoms with van der Waals surface area (Å²) in [4.78, 5) is 30.4. The molecule has 1 atom stereocenters. The molecule has 4 rings (SSSR count). The highest BCUT2D eigenvalue weighted by atomic mass is 16.5. The van der Waals surface area contributed by atoms with Crippen LogP contribution in [0, 0.1) is 12.8 Å². The summed E-state index contributed by atoms with van der Waals surface area (Å²) in [7, 11) is 3.93. The van der Waals surface area contributed by atoms with Crippen LogP contribution in [0.15, 0.2) is 78.4 Å². The Labute approximate surface area is 236 Å². The fourth-order valence-corrected chi connectivity index (χ4v) is 4.79. The fraction of sp³-hybridized carbons (Fsp3) is 0.333. The third-order valence-electron chi connectivity index (χ3n) is 6.73. The SMILES string of the molecule is Cc1cc(OCC(C)C)ccc1C(O)=C1C(=O)C(=O)N(CCCN(C)C)[C@@H]1c1cccc(Oc2ccccc2)c1. The maximum atomic E-state index is 13.5. The van der Waals surface area contributed by atoms with E-state index in [1.54, 1.807) is 17.0 Å². The summed E-state index contributed by atoms with van der Waals surface area (Å²) in [6, 6.07) is 21.4. The minimum absolute atomic E-state index is 0.0747. The van der Waals surface area contributed by atoms with Gasteiger partial charge in [0.05, 0.1) is 18.2 Å². The van der Waals surface area contributed by atoms with Crippen molar-refractivity contribution in [3.63, 3.8) is 0 Å². The van der Waals surface area contributed by atoms with Gasteiger partial charge in [0.2, 0.25) is 0 Å². The number of likely N-dealkylation sites (tertiary alicyclic amines) is 1. The van der Waals surface area contributed by atoms with Crippen molar-refractivity contribution in [3.05, 3.63) is 95.1 Å². The number of nitrogens with zero attached hydrogens (tertiary/aromatic N) is 2.